The Kier molecular flexibility index (Phi) is 4.24. The van der Waals surface area contributed by atoms with Gasteiger partial charge in [-0.25, -0.2) is 18.7 Å². The maximum atomic E-state index is 13.8. The number of halogens is 2. The molecule has 0 aliphatic carbocycles. The summed E-state index contributed by atoms with van der Waals surface area (Å²) in [7, 11) is 2.06. The van der Waals surface area contributed by atoms with Crippen LogP contribution in [0.4, 0.5) is 31.8 Å². The van der Waals surface area contributed by atoms with Gasteiger partial charge in [0.1, 0.15) is 23.6 Å². The third kappa shape index (κ3) is 3.31. The maximum absolute atomic E-state index is 13.8. The zero-order valence-corrected chi connectivity index (χ0v) is 12.8. The van der Waals surface area contributed by atoms with Gasteiger partial charge in [-0.3, -0.25) is 0 Å². The minimum atomic E-state index is -0.578. The van der Waals surface area contributed by atoms with Crippen LogP contribution in [-0.4, -0.2) is 48.1 Å². The van der Waals surface area contributed by atoms with E-state index in [0.717, 1.165) is 44.4 Å². The summed E-state index contributed by atoms with van der Waals surface area (Å²) in [5.41, 5.74) is 6.43. The average molecular weight is 320 g/mol. The van der Waals surface area contributed by atoms with Crippen LogP contribution in [0.5, 0.6) is 0 Å². The Hall–Kier alpha value is -2.48. The molecule has 0 saturated carbocycles. The molecule has 23 heavy (non-hydrogen) atoms. The molecule has 1 aliphatic rings. The van der Waals surface area contributed by atoms with Crippen LogP contribution in [0.2, 0.25) is 0 Å². The van der Waals surface area contributed by atoms with E-state index >= 15 is 0 Å². The summed E-state index contributed by atoms with van der Waals surface area (Å²) < 4.78 is 27.0. The van der Waals surface area contributed by atoms with Gasteiger partial charge in [-0.15, -0.1) is 0 Å². The minimum absolute atomic E-state index is 0.0141. The van der Waals surface area contributed by atoms with Gasteiger partial charge in [-0.1, -0.05) is 0 Å². The van der Waals surface area contributed by atoms with Gasteiger partial charge in [0.2, 0.25) is 0 Å². The van der Waals surface area contributed by atoms with Gasteiger partial charge < -0.3 is 20.9 Å². The number of piperazine rings is 1. The standard InChI is InChI=1S/C15H18F2N6/c1-22-4-6-23(7-5-22)15-13(18)14(19-9-20-15)21-12-8-10(16)2-3-11(12)17/h2-3,8-9H,4-7,18H2,1H3,(H,19,20,21). The van der Waals surface area contributed by atoms with E-state index in [4.69, 9.17) is 5.73 Å². The Morgan fingerprint density at radius 1 is 1.13 bits per heavy atom. The van der Waals surface area contributed by atoms with Crippen molar-refractivity contribution in [1.29, 1.82) is 0 Å². The molecule has 2 heterocycles. The summed E-state index contributed by atoms with van der Waals surface area (Å²) in [6.45, 7) is 3.41. The molecule has 1 aromatic heterocycles. The first-order valence-corrected chi connectivity index (χ1v) is 7.30. The number of anilines is 4. The molecule has 0 amide bonds. The number of rotatable bonds is 3. The Bertz CT molecular complexity index is 700. The van der Waals surface area contributed by atoms with E-state index in [1.165, 1.54) is 6.33 Å². The van der Waals surface area contributed by atoms with E-state index in [0.29, 0.717) is 11.5 Å². The number of nitrogens with one attached hydrogen (secondary N) is 1. The highest BCUT2D eigenvalue weighted by atomic mass is 19.1. The van der Waals surface area contributed by atoms with E-state index in [-0.39, 0.29) is 11.5 Å². The lowest BCUT2D eigenvalue weighted by Crippen LogP contribution is -2.45. The second-order valence-electron chi connectivity index (χ2n) is 5.50. The molecule has 2 aromatic rings. The van der Waals surface area contributed by atoms with Crippen LogP contribution in [0, 0.1) is 11.6 Å². The largest absolute Gasteiger partial charge is 0.393 e. The summed E-state index contributed by atoms with van der Waals surface area (Å²) in [4.78, 5) is 12.6. The fourth-order valence-corrected chi connectivity index (χ4v) is 2.48. The van der Waals surface area contributed by atoms with Crippen molar-refractivity contribution >= 4 is 23.0 Å². The molecule has 0 radical (unpaired) electrons. The summed E-state index contributed by atoms with van der Waals surface area (Å²) in [6.07, 6.45) is 1.36. The van der Waals surface area contributed by atoms with Gasteiger partial charge in [0, 0.05) is 32.2 Å². The van der Waals surface area contributed by atoms with E-state index in [2.05, 4.69) is 32.1 Å². The maximum Gasteiger partial charge on any atom is 0.159 e. The molecule has 8 heteroatoms. The number of nitrogens with two attached hydrogens (primary N) is 1. The van der Waals surface area contributed by atoms with Crippen molar-refractivity contribution in [2.75, 3.05) is 49.2 Å². The molecule has 1 fully saturated rings. The molecular formula is C15H18F2N6. The number of nitrogen functional groups attached to an aromatic ring is 1. The zero-order chi connectivity index (χ0) is 16.4. The van der Waals surface area contributed by atoms with Gasteiger partial charge >= 0.3 is 0 Å². The Labute approximate surface area is 132 Å². The normalized spacial score (nSPS) is 15.7. The molecule has 0 bridgehead atoms. The Balaban J connectivity index is 1.86. The summed E-state index contributed by atoms with van der Waals surface area (Å²) >= 11 is 0. The van der Waals surface area contributed by atoms with Crippen LogP contribution in [0.3, 0.4) is 0 Å². The fourth-order valence-electron chi connectivity index (χ4n) is 2.48. The lowest BCUT2D eigenvalue weighted by molar-refractivity contribution is 0.312. The SMILES string of the molecule is CN1CCN(c2ncnc(Nc3cc(F)ccc3F)c2N)CC1. The Morgan fingerprint density at radius 3 is 2.61 bits per heavy atom. The van der Waals surface area contributed by atoms with Crippen molar-refractivity contribution in [3.05, 3.63) is 36.2 Å². The third-order valence-corrected chi connectivity index (χ3v) is 3.85. The predicted octanol–water partition coefficient (Wildman–Crippen LogP) is 1.83. The first-order valence-electron chi connectivity index (χ1n) is 7.30. The van der Waals surface area contributed by atoms with Crippen LogP contribution in [0.15, 0.2) is 24.5 Å². The first kappa shape index (κ1) is 15.4. The molecule has 6 nitrogen and oxygen atoms in total. The molecule has 0 unspecified atom stereocenters. The number of aromatic nitrogens is 2. The van der Waals surface area contributed by atoms with Crippen LogP contribution in [0.25, 0.3) is 0 Å². The van der Waals surface area contributed by atoms with Crippen LogP contribution >= 0.6 is 0 Å². The van der Waals surface area contributed by atoms with Gasteiger partial charge in [0.15, 0.2) is 11.6 Å². The molecule has 0 spiro atoms. The second kappa shape index (κ2) is 6.33. The summed E-state index contributed by atoms with van der Waals surface area (Å²) in [6, 6.07) is 3.17. The molecule has 1 aliphatic heterocycles. The van der Waals surface area contributed by atoms with Gasteiger partial charge in [0.05, 0.1) is 5.69 Å². The topological polar surface area (TPSA) is 70.3 Å². The summed E-state index contributed by atoms with van der Waals surface area (Å²) in [5, 5.41) is 2.74. The van der Waals surface area contributed by atoms with Crippen molar-refractivity contribution in [2.45, 2.75) is 0 Å². The second-order valence-corrected chi connectivity index (χ2v) is 5.50. The highest BCUT2D eigenvalue weighted by Crippen LogP contribution is 2.30. The zero-order valence-electron chi connectivity index (χ0n) is 12.8. The smallest absolute Gasteiger partial charge is 0.159 e. The van der Waals surface area contributed by atoms with E-state index < -0.39 is 11.6 Å². The summed E-state index contributed by atoms with van der Waals surface area (Å²) in [5.74, 6) is -0.253. The van der Waals surface area contributed by atoms with Crippen molar-refractivity contribution in [3.8, 4) is 0 Å². The van der Waals surface area contributed by atoms with Gasteiger partial charge in [-0.2, -0.15) is 0 Å². The number of nitrogens with zero attached hydrogens (tertiary/aromatic N) is 4. The molecule has 3 rings (SSSR count). The molecule has 122 valence electrons. The van der Waals surface area contributed by atoms with Crippen LogP contribution < -0.4 is 16.0 Å². The molecule has 1 aromatic carbocycles. The lowest BCUT2D eigenvalue weighted by atomic mass is 10.2. The van der Waals surface area contributed by atoms with E-state index in [9.17, 15) is 8.78 Å². The quantitative estimate of drug-likeness (QED) is 0.899. The third-order valence-electron chi connectivity index (χ3n) is 3.85. The van der Waals surface area contributed by atoms with Gasteiger partial charge in [0.25, 0.3) is 0 Å². The molecular weight excluding hydrogens is 302 g/mol. The van der Waals surface area contributed by atoms with E-state index in [1.54, 1.807) is 0 Å². The first-order chi connectivity index (χ1) is 11.0. The van der Waals surface area contributed by atoms with Crippen molar-refractivity contribution in [3.63, 3.8) is 0 Å². The van der Waals surface area contributed by atoms with Crippen molar-refractivity contribution in [2.24, 2.45) is 0 Å². The van der Waals surface area contributed by atoms with Crippen molar-refractivity contribution < 1.29 is 8.78 Å². The number of benzene rings is 1. The molecule has 0 atom stereocenters. The molecule has 3 N–H and O–H groups in total. The predicted molar refractivity (Wildman–Crippen MR) is 85.8 cm³/mol. The average Bonchev–Trinajstić information content (AvgIpc) is 2.54. The molecule has 1 saturated heterocycles. The number of hydrogen-bond donors (Lipinski definition) is 2. The fraction of sp³-hybridized carbons (Fsp3) is 0.333. The van der Waals surface area contributed by atoms with Crippen LogP contribution in [0.1, 0.15) is 0 Å². The number of hydrogen-bond acceptors (Lipinski definition) is 6. The number of likely N-dealkylation sites (N-methyl/N-ethyl adjacent to an activating group) is 1. The minimum Gasteiger partial charge on any atom is -0.393 e. The monoisotopic (exact) mass is 320 g/mol. The van der Waals surface area contributed by atoms with E-state index in [1.807, 2.05) is 0 Å². The van der Waals surface area contributed by atoms with Crippen LogP contribution in [-0.2, 0) is 0 Å². The Morgan fingerprint density at radius 2 is 1.87 bits per heavy atom. The highest BCUT2D eigenvalue weighted by Gasteiger charge is 2.20. The van der Waals surface area contributed by atoms with Crippen molar-refractivity contribution in [1.82, 2.24) is 14.9 Å². The lowest BCUT2D eigenvalue weighted by Gasteiger charge is -2.33. The highest BCUT2D eigenvalue weighted by molar-refractivity contribution is 5.78. The van der Waals surface area contributed by atoms with Gasteiger partial charge in [-0.05, 0) is 19.2 Å².